The van der Waals surface area contributed by atoms with Crippen molar-refractivity contribution in [3.63, 3.8) is 0 Å². The summed E-state index contributed by atoms with van der Waals surface area (Å²) in [5, 5.41) is 6.09. The Kier molecular flexibility index (Phi) is 11.2. The van der Waals surface area contributed by atoms with Crippen LogP contribution in [0.4, 0.5) is 23.0 Å². The molecular weight excluding hydrogens is 691 g/mol. The summed E-state index contributed by atoms with van der Waals surface area (Å²) in [5.74, 6) is 1.08. The summed E-state index contributed by atoms with van der Waals surface area (Å²) in [6, 6.07) is 12.2. The second-order valence-corrected chi connectivity index (χ2v) is 14.3. The Hall–Kier alpha value is -3.65. The molecule has 4 fully saturated rings. The van der Waals surface area contributed by atoms with Gasteiger partial charge in [0.05, 0.1) is 48.7 Å². The van der Waals surface area contributed by atoms with Gasteiger partial charge in [0, 0.05) is 73.6 Å². The number of benzene rings is 2. The van der Waals surface area contributed by atoms with Crippen molar-refractivity contribution in [3.8, 4) is 5.75 Å². The van der Waals surface area contributed by atoms with E-state index in [1.807, 2.05) is 24.3 Å². The molecule has 1 atom stereocenters. The molecule has 1 amide bonds. The van der Waals surface area contributed by atoms with Crippen molar-refractivity contribution in [2.45, 2.75) is 50.2 Å². The van der Waals surface area contributed by atoms with Crippen molar-refractivity contribution >= 4 is 57.7 Å². The molecule has 1 aromatic heterocycles. The number of aromatic nitrogens is 2. The Morgan fingerprint density at radius 2 is 1.65 bits per heavy atom. The largest absolute Gasteiger partial charge is 0.494 e. The van der Waals surface area contributed by atoms with E-state index in [9.17, 15) is 4.79 Å². The van der Waals surface area contributed by atoms with E-state index in [-0.39, 0.29) is 11.6 Å². The summed E-state index contributed by atoms with van der Waals surface area (Å²) in [5.41, 5.74) is 9.05. The number of anilines is 4. The number of piperidine rings is 2. The van der Waals surface area contributed by atoms with E-state index in [0.29, 0.717) is 63.8 Å². The van der Waals surface area contributed by atoms with Gasteiger partial charge in [-0.15, -0.1) is 0 Å². The summed E-state index contributed by atoms with van der Waals surface area (Å²) < 4.78 is 11.5. The molecule has 4 aliphatic rings. The number of morpholine rings is 1. The minimum atomic E-state index is -0.577. The molecule has 2 aromatic carbocycles. The smallest absolute Gasteiger partial charge is 0.248 e. The van der Waals surface area contributed by atoms with Crippen LogP contribution in [0.3, 0.4) is 0 Å². The van der Waals surface area contributed by atoms with Gasteiger partial charge in [-0.2, -0.15) is 0 Å². The van der Waals surface area contributed by atoms with E-state index in [0.717, 1.165) is 76.6 Å². The van der Waals surface area contributed by atoms with Gasteiger partial charge in [-0.25, -0.2) is 15.0 Å². The molecule has 0 spiro atoms. The zero-order valence-electron chi connectivity index (χ0n) is 29.0. The van der Waals surface area contributed by atoms with Crippen molar-refractivity contribution < 1.29 is 19.1 Å². The lowest BCUT2D eigenvalue weighted by molar-refractivity contribution is -0.112. The maximum Gasteiger partial charge on any atom is 0.248 e. The number of hydrogen-bond acceptors (Lipinski definition) is 11. The molecule has 3 aromatic rings. The fourth-order valence-electron chi connectivity index (χ4n) is 7.93. The van der Waals surface area contributed by atoms with Crippen LogP contribution in [0.5, 0.6) is 5.75 Å². The number of hydroxylamine groups is 1. The molecular formula is C37H46Cl2N8O4. The van der Waals surface area contributed by atoms with Crippen LogP contribution in [0.25, 0.3) is 5.57 Å². The number of nitrogens with zero attached hydrogens (tertiary/aromatic N) is 6. The third-order valence-electron chi connectivity index (χ3n) is 10.7. The maximum absolute atomic E-state index is 12.5. The quantitative estimate of drug-likeness (QED) is 0.250. The molecule has 0 bridgehead atoms. The molecule has 0 unspecified atom stereocenters. The van der Waals surface area contributed by atoms with Gasteiger partial charge in [-0.05, 0) is 56.5 Å². The number of rotatable bonds is 10. The summed E-state index contributed by atoms with van der Waals surface area (Å²) >= 11 is 12.9. The van der Waals surface area contributed by atoms with Gasteiger partial charge in [0.2, 0.25) is 5.91 Å². The molecule has 51 heavy (non-hydrogen) atoms. The monoisotopic (exact) mass is 736 g/mol. The molecule has 3 N–H and O–H groups in total. The lowest BCUT2D eigenvalue weighted by Crippen LogP contribution is -2.53. The third kappa shape index (κ3) is 7.77. The Bertz CT molecular complexity index is 1720. The van der Waals surface area contributed by atoms with Crippen LogP contribution in [-0.2, 0) is 14.4 Å². The van der Waals surface area contributed by atoms with Crippen LogP contribution >= 0.6 is 23.2 Å². The van der Waals surface area contributed by atoms with Crippen molar-refractivity contribution in [1.82, 2.24) is 19.8 Å². The predicted molar refractivity (Wildman–Crippen MR) is 201 cm³/mol. The molecule has 0 aliphatic carbocycles. The molecule has 0 saturated carbocycles. The SMILES string of the molecule is C=C(C(N)=O)c1cc(Nc2cc(N3OCC[C@@H]3c3cccc(Cl)c3Cl)ncn2)c(OC)cc1N1CCC(N2CCC(N3CCOCC3)CC2)CC1. The number of carbonyl (C=O) groups excluding carboxylic acids is 1. The van der Waals surface area contributed by atoms with Crippen LogP contribution in [0, 0.1) is 0 Å². The predicted octanol–water partition coefficient (Wildman–Crippen LogP) is 5.68. The summed E-state index contributed by atoms with van der Waals surface area (Å²) in [7, 11) is 1.63. The molecule has 272 valence electrons. The highest BCUT2D eigenvalue weighted by atomic mass is 35.5. The summed E-state index contributed by atoms with van der Waals surface area (Å²) in [6.45, 7) is 12.3. The summed E-state index contributed by atoms with van der Waals surface area (Å²) in [6.07, 6.45) is 6.68. The number of primary amides is 1. The molecule has 12 nitrogen and oxygen atoms in total. The van der Waals surface area contributed by atoms with E-state index in [4.69, 9.17) is 43.2 Å². The van der Waals surface area contributed by atoms with Gasteiger partial charge in [0.15, 0.2) is 5.82 Å². The first kappa shape index (κ1) is 35.7. The first-order chi connectivity index (χ1) is 24.8. The second-order valence-electron chi connectivity index (χ2n) is 13.5. The fraction of sp³-hybridized carbons (Fsp3) is 0.486. The van der Waals surface area contributed by atoms with E-state index < -0.39 is 5.91 Å². The zero-order valence-corrected chi connectivity index (χ0v) is 30.5. The van der Waals surface area contributed by atoms with Gasteiger partial charge in [-0.1, -0.05) is 41.9 Å². The van der Waals surface area contributed by atoms with E-state index in [1.165, 1.54) is 19.2 Å². The van der Waals surface area contributed by atoms with Gasteiger partial charge < -0.3 is 30.3 Å². The fourth-order valence-corrected chi connectivity index (χ4v) is 8.37. The van der Waals surface area contributed by atoms with Crippen LogP contribution in [0.1, 0.15) is 49.3 Å². The normalized spacial score (nSPS) is 21.2. The van der Waals surface area contributed by atoms with Gasteiger partial charge in [-0.3, -0.25) is 14.5 Å². The maximum atomic E-state index is 12.5. The molecule has 14 heteroatoms. The highest BCUT2D eigenvalue weighted by Crippen LogP contribution is 2.42. The average molecular weight is 738 g/mol. The average Bonchev–Trinajstić information content (AvgIpc) is 3.66. The highest BCUT2D eigenvalue weighted by Gasteiger charge is 2.33. The summed E-state index contributed by atoms with van der Waals surface area (Å²) in [4.78, 5) is 35.1. The van der Waals surface area contributed by atoms with Gasteiger partial charge in [0.1, 0.15) is 17.9 Å². The highest BCUT2D eigenvalue weighted by molar-refractivity contribution is 6.42. The zero-order chi connectivity index (χ0) is 35.5. The lowest BCUT2D eigenvalue weighted by atomic mass is 9.95. The van der Waals surface area contributed by atoms with Crippen molar-refractivity contribution in [2.24, 2.45) is 5.73 Å². The standard InChI is InChI=1S/C37H46Cl2N8O4/c1-24(37(40)48)28-20-30(43-34-22-35(42-23-41-34)47-31(10-17-51-47)27-4-3-5-29(38)36(27)39)33(49-2)21-32(28)46-13-8-25(9-14-46)44-11-6-26(7-12-44)45-15-18-50-19-16-45/h3-5,20-23,25-26,31H,1,6-19H2,2H3,(H2,40,48)(H,41,42,43)/t31-/m1/s1. The van der Waals surface area contributed by atoms with Crippen molar-refractivity contribution in [1.29, 1.82) is 0 Å². The number of carbonyl (C=O) groups is 1. The molecule has 0 radical (unpaired) electrons. The number of amides is 1. The number of nitrogens with one attached hydrogen (secondary N) is 1. The molecule has 5 heterocycles. The number of ether oxygens (including phenoxy) is 2. The van der Waals surface area contributed by atoms with Crippen LogP contribution in [0.15, 0.2) is 49.3 Å². The minimum Gasteiger partial charge on any atom is -0.494 e. The first-order valence-electron chi connectivity index (χ1n) is 17.8. The number of nitrogens with two attached hydrogens (primary N) is 1. The molecule has 4 saturated heterocycles. The van der Waals surface area contributed by atoms with Crippen molar-refractivity contribution in [3.05, 3.63) is 70.5 Å². The lowest BCUT2D eigenvalue weighted by Gasteiger charge is -2.45. The third-order valence-corrected chi connectivity index (χ3v) is 11.5. The second kappa shape index (κ2) is 15.9. The Morgan fingerprint density at radius 3 is 2.35 bits per heavy atom. The molecule has 7 rings (SSSR count). The number of halogens is 2. The van der Waals surface area contributed by atoms with Gasteiger partial charge in [0.25, 0.3) is 0 Å². The number of hydrogen-bond donors (Lipinski definition) is 2. The number of methoxy groups -OCH3 is 1. The van der Waals surface area contributed by atoms with Crippen LogP contribution in [-0.4, -0.2) is 104 Å². The van der Waals surface area contributed by atoms with Crippen LogP contribution in [0.2, 0.25) is 10.0 Å². The minimum absolute atomic E-state index is 0.177. The number of likely N-dealkylation sites (tertiary alicyclic amines) is 1. The van der Waals surface area contributed by atoms with Crippen molar-refractivity contribution in [2.75, 3.05) is 81.5 Å². The Balaban J connectivity index is 1.06. The molecule has 4 aliphatic heterocycles. The van der Waals surface area contributed by atoms with Gasteiger partial charge >= 0.3 is 0 Å². The Labute approximate surface area is 309 Å². The first-order valence-corrected chi connectivity index (χ1v) is 18.5. The van der Waals surface area contributed by atoms with E-state index in [1.54, 1.807) is 24.3 Å². The topological polar surface area (TPSA) is 122 Å². The van der Waals surface area contributed by atoms with E-state index in [2.05, 4.69) is 36.6 Å². The van der Waals surface area contributed by atoms with E-state index >= 15 is 0 Å². The van der Waals surface area contributed by atoms with Crippen LogP contribution < -0.4 is 25.8 Å². The Morgan fingerprint density at radius 1 is 0.941 bits per heavy atom.